The summed E-state index contributed by atoms with van der Waals surface area (Å²) in [6, 6.07) is 20.6. The van der Waals surface area contributed by atoms with Crippen molar-refractivity contribution in [2.75, 3.05) is 26.4 Å². The number of benzene rings is 3. The molecule has 0 spiro atoms. The van der Waals surface area contributed by atoms with E-state index in [1.807, 2.05) is 0 Å². The van der Waals surface area contributed by atoms with E-state index in [9.17, 15) is 28.8 Å². The molecule has 0 unspecified atom stereocenters. The molecule has 410 valence electrons. The van der Waals surface area contributed by atoms with E-state index < -0.39 is 36.1 Å². The molecule has 12 nitrogen and oxygen atoms in total. The van der Waals surface area contributed by atoms with E-state index in [0.29, 0.717) is 87.6 Å². The molecule has 3 aromatic rings. The topological polar surface area (TPSA) is 158 Å². The molecule has 0 saturated heterocycles. The summed E-state index contributed by atoms with van der Waals surface area (Å²) in [5, 5.41) is 1.74. The lowest BCUT2D eigenvalue weighted by Crippen LogP contribution is -2.26. The Morgan fingerprint density at radius 3 is 0.880 bits per heavy atom. The molecule has 75 heavy (non-hydrogen) atoms. The number of unbranched alkanes of at least 4 members (excludes halogenated alkanes) is 18. The van der Waals surface area contributed by atoms with Gasteiger partial charge in [0, 0.05) is 34.3 Å². The molecule has 0 atom stereocenters. The van der Waals surface area contributed by atoms with Crippen LogP contribution in [0.15, 0.2) is 92.5 Å². The monoisotopic (exact) mass is 1090 g/mol. The van der Waals surface area contributed by atoms with Crippen LogP contribution in [-0.2, 0) is 57.2 Å². The zero-order valence-electron chi connectivity index (χ0n) is 43.7. The van der Waals surface area contributed by atoms with E-state index in [0.717, 1.165) is 116 Å². The molecule has 0 amide bonds. The molecule has 0 aromatic heterocycles. The third-order valence-corrected chi connectivity index (χ3v) is 13.0. The summed E-state index contributed by atoms with van der Waals surface area (Å²) < 4.78 is 32.7. The van der Waals surface area contributed by atoms with E-state index in [1.54, 1.807) is 72.8 Å². The molecule has 0 aliphatic rings. The zero-order chi connectivity index (χ0) is 54.5. The van der Waals surface area contributed by atoms with E-state index >= 15 is 0 Å². The standard InChI is InChI=1S/C60H77Cl3O12/c1-45(48-28-34-51(61)35-29-48)58(67)71-41-22-16-10-4-7-13-19-25-54(64)70-44-40-57(74-55(65)26-20-14-8-5-11-17-23-42-72-59(68)46(2)49-30-36-52(62)37-31-49)75-56(66)27-21-15-9-6-12-18-24-43-73-60(69)47(3)50-32-38-53(63)39-33-50/h28-39,57H,1-27,40-44H2. The van der Waals surface area contributed by atoms with Crippen LogP contribution in [0.1, 0.15) is 177 Å². The van der Waals surface area contributed by atoms with Crippen molar-refractivity contribution in [1.29, 1.82) is 0 Å². The second-order valence-corrected chi connectivity index (χ2v) is 19.8. The molecule has 0 radical (unpaired) electrons. The van der Waals surface area contributed by atoms with Gasteiger partial charge in [-0.3, -0.25) is 14.4 Å². The first-order valence-corrected chi connectivity index (χ1v) is 27.8. The highest BCUT2D eigenvalue weighted by Crippen LogP contribution is 2.21. The van der Waals surface area contributed by atoms with Gasteiger partial charge in [-0.1, -0.05) is 187 Å². The average molecular weight is 1100 g/mol. The van der Waals surface area contributed by atoms with Crippen molar-refractivity contribution in [1.82, 2.24) is 0 Å². The molecule has 0 bridgehead atoms. The first kappa shape index (κ1) is 63.9. The summed E-state index contributed by atoms with van der Waals surface area (Å²) in [4.78, 5) is 75.3. The molecule has 0 N–H and O–H groups in total. The average Bonchev–Trinajstić information content (AvgIpc) is 3.39. The van der Waals surface area contributed by atoms with Crippen molar-refractivity contribution in [3.63, 3.8) is 0 Å². The van der Waals surface area contributed by atoms with Gasteiger partial charge in [-0.2, -0.15) is 0 Å². The summed E-state index contributed by atoms with van der Waals surface area (Å²) in [6.07, 6.45) is 17.5. The van der Waals surface area contributed by atoms with Crippen molar-refractivity contribution in [2.24, 2.45) is 0 Å². The number of carbonyl (C=O) groups is 6. The molecular formula is C60H77Cl3O12. The molecule has 0 aliphatic heterocycles. The van der Waals surface area contributed by atoms with Crippen molar-refractivity contribution in [3.8, 4) is 0 Å². The van der Waals surface area contributed by atoms with Crippen LogP contribution in [0.4, 0.5) is 0 Å². The Balaban J connectivity index is 1.27. The van der Waals surface area contributed by atoms with Crippen LogP contribution in [0, 0.1) is 0 Å². The molecule has 0 heterocycles. The van der Waals surface area contributed by atoms with Gasteiger partial charge in [-0.15, -0.1) is 0 Å². The maximum Gasteiger partial charge on any atom is 0.338 e. The highest BCUT2D eigenvalue weighted by atomic mass is 35.5. The summed E-state index contributed by atoms with van der Waals surface area (Å²) in [5.41, 5.74) is 2.89. The minimum absolute atomic E-state index is 0.0306. The number of ether oxygens (including phenoxy) is 6. The smallest absolute Gasteiger partial charge is 0.338 e. The fraction of sp³-hybridized carbons (Fsp3) is 0.500. The second-order valence-electron chi connectivity index (χ2n) is 18.5. The van der Waals surface area contributed by atoms with Gasteiger partial charge in [0.2, 0.25) is 0 Å². The van der Waals surface area contributed by atoms with Crippen molar-refractivity contribution < 1.29 is 57.2 Å². The third kappa shape index (κ3) is 29.5. The molecule has 3 rings (SSSR count). The van der Waals surface area contributed by atoms with Crippen LogP contribution in [-0.4, -0.2) is 68.5 Å². The normalized spacial score (nSPS) is 10.9. The number of carbonyl (C=O) groups excluding carboxylic acids is 6. The van der Waals surface area contributed by atoms with E-state index in [4.69, 9.17) is 63.2 Å². The number of hydrogen-bond acceptors (Lipinski definition) is 12. The Bertz CT molecular complexity index is 2120. The molecule has 0 saturated carbocycles. The van der Waals surface area contributed by atoms with Gasteiger partial charge < -0.3 is 28.4 Å². The van der Waals surface area contributed by atoms with E-state index in [1.165, 1.54) is 0 Å². The lowest BCUT2D eigenvalue weighted by molar-refractivity contribution is -0.191. The molecule has 15 heteroatoms. The van der Waals surface area contributed by atoms with Crippen LogP contribution in [0.25, 0.3) is 16.7 Å². The van der Waals surface area contributed by atoms with Gasteiger partial charge in [-0.05, 0) is 91.6 Å². The lowest BCUT2D eigenvalue weighted by atomic mass is 10.1. The minimum atomic E-state index is -1.17. The molecule has 3 aromatic carbocycles. The van der Waals surface area contributed by atoms with Crippen molar-refractivity contribution in [3.05, 3.63) is 124 Å². The van der Waals surface area contributed by atoms with Crippen LogP contribution >= 0.6 is 34.8 Å². The quantitative estimate of drug-likeness (QED) is 0.0174. The predicted octanol–water partition coefficient (Wildman–Crippen LogP) is 15.4. The fourth-order valence-corrected chi connectivity index (χ4v) is 8.10. The van der Waals surface area contributed by atoms with Crippen molar-refractivity contribution in [2.45, 2.75) is 167 Å². The van der Waals surface area contributed by atoms with Crippen molar-refractivity contribution >= 4 is 87.3 Å². The van der Waals surface area contributed by atoms with Gasteiger partial charge in [0.1, 0.15) is 0 Å². The van der Waals surface area contributed by atoms with Crippen LogP contribution in [0.2, 0.25) is 15.1 Å². The minimum Gasteiger partial charge on any atom is -0.465 e. The largest absolute Gasteiger partial charge is 0.465 e. The summed E-state index contributed by atoms with van der Waals surface area (Å²) >= 11 is 17.8. The number of hydrogen-bond donors (Lipinski definition) is 0. The highest BCUT2D eigenvalue weighted by molar-refractivity contribution is 6.31. The zero-order valence-corrected chi connectivity index (χ0v) is 45.9. The second kappa shape index (κ2) is 39.0. The molecular weight excluding hydrogens is 1020 g/mol. The Hall–Kier alpha value is -5.43. The van der Waals surface area contributed by atoms with Gasteiger partial charge in [0.05, 0.1) is 49.6 Å². The number of esters is 6. The molecule has 0 aliphatic carbocycles. The Kier molecular flexibility index (Phi) is 33.2. The predicted molar refractivity (Wildman–Crippen MR) is 297 cm³/mol. The lowest BCUT2D eigenvalue weighted by Gasteiger charge is -2.18. The van der Waals surface area contributed by atoms with Crippen LogP contribution < -0.4 is 0 Å². The maximum atomic E-state index is 12.9. The Morgan fingerprint density at radius 2 is 0.587 bits per heavy atom. The van der Waals surface area contributed by atoms with Gasteiger partial charge >= 0.3 is 35.8 Å². The number of halogens is 3. The summed E-state index contributed by atoms with van der Waals surface area (Å²) in [5.74, 6) is -2.67. The maximum absolute atomic E-state index is 12.9. The molecule has 0 fully saturated rings. The number of rotatable bonds is 41. The van der Waals surface area contributed by atoms with Gasteiger partial charge in [-0.25, -0.2) is 14.4 Å². The SMILES string of the molecule is C=C(C(=O)OCCCCCCCCCC(=O)OCCC(OC(=O)CCCCCCCCCOC(=O)C(=C)c1ccc(Cl)cc1)OC(=O)CCCCCCCCCOC(=O)C(=C)c1ccc(Cl)cc1)c1ccc(Cl)cc1. The summed E-state index contributed by atoms with van der Waals surface area (Å²) in [7, 11) is 0. The Labute approximate surface area is 459 Å². The first-order valence-electron chi connectivity index (χ1n) is 26.6. The van der Waals surface area contributed by atoms with Crippen LogP contribution in [0.3, 0.4) is 0 Å². The van der Waals surface area contributed by atoms with Gasteiger partial charge in [0.25, 0.3) is 6.29 Å². The first-order chi connectivity index (χ1) is 36.2. The van der Waals surface area contributed by atoms with E-state index in [2.05, 4.69) is 19.7 Å². The fourth-order valence-electron chi connectivity index (χ4n) is 7.72. The Morgan fingerprint density at radius 1 is 0.333 bits per heavy atom. The van der Waals surface area contributed by atoms with E-state index in [-0.39, 0.29) is 38.3 Å². The highest BCUT2D eigenvalue weighted by Gasteiger charge is 2.20. The van der Waals surface area contributed by atoms with Gasteiger partial charge in [0.15, 0.2) is 0 Å². The van der Waals surface area contributed by atoms with Crippen LogP contribution in [0.5, 0.6) is 0 Å². The summed E-state index contributed by atoms with van der Waals surface area (Å²) in [6.45, 7) is 12.4. The third-order valence-electron chi connectivity index (χ3n) is 12.2.